The fourth-order valence-electron chi connectivity index (χ4n) is 7.88. The summed E-state index contributed by atoms with van der Waals surface area (Å²) in [6.45, 7) is 1.88. The van der Waals surface area contributed by atoms with Gasteiger partial charge in [-0.05, 0) is 110 Å². The number of aromatic hydroxyl groups is 1. The highest BCUT2D eigenvalue weighted by atomic mass is 16.5. The van der Waals surface area contributed by atoms with Crippen molar-refractivity contribution in [1.29, 1.82) is 0 Å². The molecule has 9 heteroatoms. The van der Waals surface area contributed by atoms with E-state index in [0.29, 0.717) is 34.5 Å². The Morgan fingerprint density at radius 3 is 2.04 bits per heavy atom. The van der Waals surface area contributed by atoms with Gasteiger partial charge in [0, 0.05) is 36.3 Å². The van der Waals surface area contributed by atoms with Gasteiger partial charge in [0.05, 0.1) is 35.5 Å². The number of likely N-dealkylation sites (N-methyl/N-ethyl adjacent to an activating group) is 2. The highest BCUT2D eigenvalue weighted by molar-refractivity contribution is 5.87. The van der Waals surface area contributed by atoms with Crippen LogP contribution >= 0.6 is 0 Å². The molecule has 0 amide bonds. The minimum atomic E-state index is 0.132. The third-order valence-corrected chi connectivity index (χ3v) is 10.4. The fourth-order valence-corrected chi connectivity index (χ4v) is 7.88. The average Bonchev–Trinajstić information content (AvgIpc) is 3.10. The van der Waals surface area contributed by atoms with Crippen molar-refractivity contribution in [3.63, 3.8) is 0 Å². The first-order valence-corrected chi connectivity index (χ1v) is 16.4. The van der Waals surface area contributed by atoms with Crippen molar-refractivity contribution in [2.45, 2.75) is 37.8 Å². The van der Waals surface area contributed by atoms with E-state index in [9.17, 15) is 5.11 Å². The topological polar surface area (TPSA) is 82.1 Å². The Labute approximate surface area is 282 Å². The number of benzene rings is 4. The first-order chi connectivity index (χ1) is 23.3. The second kappa shape index (κ2) is 12.8. The summed E-state index contributed by atoms with van der Waals surface area (Å²) in [4.78, 5) is 4.76. The third-order valence-electron chi connectivity index (χ3n) is 10.4. The predicted molar refractivity (Wildman–Crippen MR) is 185 cm³/mol. The van der Waals surface area contributed by atoms with Gasteiger partial charge in [-0.3, -0.25) is 9.80 Å². The van der Waals surface area contributed by atoms with Gasteiger partial charge < -0.3 is 33.5 Å². The minimum absolute atomic E-state index is 0.132. The highest BCUT2D eigenvalue weighted by Crippen LogP contribution is 2.57. The van der Waals surface area contributed by atoms with Crippen LogP contribution in [0.25, 0.3) is 11.1 Å². The van der Waals surface area contributed by atoms with E-state index in [1.165, 1.54) is 22.3 Å². The van der Waals surface area contributed by atoms with Crippen LogP contribution < -0.4 is 28.4 Å². The monoisotopic (exact) mass is 652 g/mol. The molecule has 1 aliphatic carbocycles. The van der Waals surface area contributed by atoms with Crippen LogP contribution in [0.3, 0.4) is 0 Å². The predicted octanol–water partition coefficient (Wildman–Crippen LogP) is 6.75. The van der Waals surface area contributed by atoms with E-state index in [2.05, 4.69) is 42.1 Å². The molecule has 48 heavy (non-hydrogen) atoms. The van der Waals surface area contributed by atoms with Crippen LogP contribution in [-0.2, 0) is 25.7 Å². The summed E-state index contributed by atoms with van der Waals surface area (Å²) in [5.41, 5.74) is 9.14. The van der Waals surface area contributed by atoms with Gasteiger partial charge in [-0.25, -0.2) is 0 Å². The van der Waals surface area contributed by atoms with Gasteiger partial charge in [-0.15, -0.1) is 0 Å². The van der Waals surface area contributed by atoms with Gasteiger partial charge in [0.2, 0.25) is 5.75 Å². The van der Waals surface area contributed by atoms with Crippen LogP contribution in [0.4, 0.5) is 0 Å². The zero-order valence-electron chi connectivity index (χ0n) is 28.8. The molecule has 252 valence electrons. The van der Waals surface area contributed by atoms with Crippen LogP contribution in [0, 0.1) is 0 Å². The summed E-state index contributed by atoms with van der Waals surface area (Å²) in [5.74, 6) is 4.60. The molecule has 4 aromatic carbocycles. The van der Waals surface area contributed by atoms with Gasteiger partial charge in [0.1, 0.15) is 5.75 Å². The quantitative estimate of drug-likeness (QED) is 0.211. The lowest BCUT2D eigenvalue weighted by Gasteiger charge is -2.41. The summed E-state index contributed by atoms with van der Waals surface area (Å²) in [7, 11) is 12.6. The van der Waals surface area contributed by atoms with E-state index in [4.69, 9.17) is 28.4 Å². The zero-order chi connectivity index (χ0) is 33.7. The number of nitrogens with zero attached hydrogens (tertiary/aromatic N) is 2. The standard InChI is InChI=1S/C39H44N2O7/c1-40-14-12-23-17-32(43-3)31(42)20-26(23)29(40)16-22-8-10-25(11-9-22)48-37-28-19-30-35-24(13-15-41(30)2)18-33(44-4)38(46-6)36(35)27(28)21-34(45-5)39(37)47-7/h8-11,17-18,20-21,29-30,42H,12-16,19H2,1-7H3/t29-,30+/m1/s1. The molecule has 0 bridgehead atoms. The largest absolute Gasteiger partial charge is 0.504 e. The van der Waals surface area contributed by atoms with E-state index >= 15 is 0 Å². The van der Waals surface area contributed by atoms with Gasteiger partial charge >= 0.3 is 0 Å². The second-order valence-electron chi connectivity index (χ2n) is 12.9. The smallest absolute Gasteiger partial charge is 0.204 e. The van der Waals surface area contributed by atoms with Crippen LogP contribution in [-0.4, -0.2) is 77.6 Å². The number of methoxy groups -OCH3 is 5. The summed E-state index contributed by atoms with van der Waals surface area (Å²) in [6, 6.07) is 16.5. The van der Waals surface area contributed by atoms with Crippen molar-refractivity contribution in [2.75, 3.05) is 62.7 Å². The number of fused-ring (bicyclic) bond motifs is 3. The molecule has 9 nitrogen and oxygen atoms in total. The number of phenolic OH excluding ortho intramolecular Hbond substituents is 1. The Bertz CT molecular complexity index is 1860. The number of hydrogen-bond acceptors (Lipinski definition) is 9. The number of phenols is 1. The molecule has 3 aliphatic rings. The SMILES string of the molecule is COc1cc2c(cc1O)[C@@H](Cc1ccc(Oc3c4c(cc(OC)c3OC)-c3c(OC)c(OC)cc5c3[C@H](C4)N(C)CC5)cc1)N(C)CC2. The molecule has 0 spiro atoms. The van der Waals surface area contributed by atoms with E-state index in [-0.39, 0.29) is 17.8 Å². The van der Waals surface area contributed by atoms with Gasteiger partial charge in [-0.2, -0.15) is 0 Å². The summed E-state index contributed by atoms with van der Waals surface area (Å²) < 4.78 is 35.9. The number of hydrogen-bond donors (Lipinski definition) is 1. The van der Waals surface area contributed by atoms with Crippen molar-refractivity contribution >= 4 is 0 Å². The Kier molecular flexibility index (Phi) is 8.51. The molecular formula is C39H44N2O7. The van der Waals surface area contributed by atoms with E-state index in [1.807, 2.05) is 30.3 Å². The molecule has 2 heterocycles. The van der Waals surface area contributed by atoms with Crippen molar-refractivity contribution in [2.24, 2.45) is 0 Å². The molecule has 1 N–H and O–H groups in total. The molecule has 4 aromatic rings. The maximum Gasteiger partial charge on any atom is 0.204 e. The Balaban J connectivity index is 1.27. The highest BCUT2D eigenvalue weighted by Gasteiger charge is 2.39. The van der Waals surface area contributed by atoms with Crippen molar-refractivity contribution in [3.8, 4) is 57.1 Å². The van der Waals surface area contributed by atoms with Crippen molar-refractivity contribution in [3.05, 3.63) is 81.9 Å². The van der Waals surface area contributed by atoms with Gasteiger partial charge in [0.25, 0.3) is 0 Å². The normalized spacial score (nSPS) is 18.3. The van der Waals surface area contributed by atoms with Crippen LogP contribution in [0.15, 0.2) is 48.5 Å². The molecule has 0 saturated carbocycles. The molecule has 0 saturated heterocycles. The van der Waals surface area contributed by atoms with E-state index in [1.54, 1.807) is 35.5 Å². The first-order valence-electron chi connectivity index (χ1n) is 16.4. The second-order valence-corrected chi connectivity index (χ2v) is 12.9. The average molecular weight is 653 g/mol. The Hall–Kier alpha value is -4.60. The molecule has 0 unspecified atom stereocenters. The Morgan fingerprint density at radius 1 is 0.708 bits per heavy atom. The van der Waals surface area contributed by atoms with E-state index in [0.717, 1.165) is 66.8 Å². The lowest BCUT2D eigenvalue weighted by molar-refractivity contribution is 0.225. The first kappa shape index (κ1) is 32.0. The molecule has 2 aliphatic heterocycles. The molecule has 0 aromatic heterocycles. The van der Waals surface area contributed by atoms with Crippen LogP contribution in [0.1, 0.15) is 45.5 Å². The molecule has 2 atom stereocenters. The van der Waals surface area contributed by atoms with Gasteiger partial charge in [0.15, 0.2) is 34.5 Å². The lowest BCUT2D eigenvalue weighted by Crippen LogP contribution is -2.36. The van der Waals surface area contributed by atoms with Crippen molar-refractivity contribution < 1.29 is 33.5 Å². The Morgan fingerprint density at radius 2 is 1.35 bits per heavy atom. The van der Waals surface area contributed by atoms with Crippen molar-refractivity contribution in [1.82, 2.24) is 9.80 Å². The van der Waals surface area contributed by atoms with Gasteiger partial charge in [-0.1, -0.05) is 12.1 Å². The molecule has 7 rings (SSSR count). The maximum atomic E-state index is 10.6. The summed E-state index contributed by atoms with van der Waals surface area (Å²) in [5, 5.41) is 10.6. The number of ether oxygens (including phenoxy) is 6. The minimum Gasteiger partial charge on any atom is -0.504 e. The third kappa shape index (κ3) is 5.25. The summed E-state index contributed by atoms with van der Waals surface area (Å²) >= 11 is 0. The molecular weight excluding hydrogens is 608 g/mol. The van der Waals surface area contributed by atoms with Crippen LogP contribution in [0.2, 0.25) is 0 Å². The van der Waals surface area contributed by atoms with Crippen LogP contribution in [0.5, 0.6) is 46.0 Å². The van der Waals surface area contributed by atoms with E-state index < -0.39 is 0 Å². The lowest BCUT2D eigenvalue weighted by atomic mass is 9.76. The molecule has 0 fully saturated rings. The molecule has 0 radical (unpaired) electrons. The zero-order valence-corrected chi connectivity index (χ0v) is 28.8. The fraction of sp³-hybridized carbons (Fsp3) is 0.385. The number of rotatable bonds is 9. The summed E-state index contributed by atoms with van der Waals surface area (Å²) in [6.07, 6.45) is 3.40. The maximum absolute atomic E-state index is 10.6.